The average Bonchev–Trinajstić information content (AvgIpc) is 2.09. The first-order valence-electron chi connectivity index (χ1n) is 5.49. The summed E-state index contributed by atoms with van der Waals surface area (Å²) >= 11 is 0. The minimum absolute atomic E-state index is 0.0261. The molecule has 1 nitrogen and oxygen atoms in total. The van der Waals surface area contributed by atoms with Crippen molar-refractivity contribution in [2.45, 2.75) is 71.3 Å². The molecule has 74 valence electrons. The molecule has 1 N–H and O–H groups in total. The first-order valence-corrected chi connectivity index (χ1v) is 5.49. The zero-order valence-electron chi connectivity index (χ0n) is 8.68. The van der Waals surface area contributed by atoms with Crippen LogP contribution in [0.25, 0.3) is 0 Å². The van der Waals surface area contributed by atoms with Crippen LogP contribution in [0.4, 0.5) is 0 Å². The molecule has 0 aliphatic heterocycles. The Labute approximate surface area is 77.2 Å². The van der Waals surface area contributed by atoms with Gasteiger partial charge < -0.3 is 5.11 Å². The van der Waals surface area contributed by atoms with Crippen molar-refractivity contribution >= 4 is 0 Å². The molecule has 0 aromatic carbocycles. The second-order valence-corrected chi connectivity index (χ2v) is 3.65. The molecule has 0 heterocycles. The number of aliphatic hydroxyl groups excluding tert-OH is 1. The molecule has 0 fully saturated rings. The van der Waals surface area contributed by atoms with E-state index in [2.05, 4.69) is 13.8 Å². The lowest BCUT2D eigenvalue weighted by Gasteiger charge is -2.08. The summed E-state index contributed by atoms with van der Waals surface area (Å²) in [5, 5.41) is 9.48. The minimum atomic E-state index is -0.0261. The zero-order chi connectivity index (χ0) is 9.23. The molecule has 0 saturated heterocycles. The van der Waals surface area contributed by atoms with E-state index in [1.807, 2.05) is 0 Å². The van der Waals surface area contributed by atoms with Crippen molar-refractivity contribution < 1.29 is 5.11 Å². The highest BCUT2D eigenvalue weighted by Crippen LogP contribution is 2.09. The van der Waals surface area contributed by atoms with Gasteiger partial charge in [-0.05, 0) is 12.8 Å². The normalized spacial score (nSPS) is 13.2. The summed E-state index contributed by atoms with van der Waals surface area (Å²) in [6.45, 7) is 4.39. The molecule has 0 radical (unpaired) electrons. The van der Waals surface area contributed by atoms with Gasteiger partial charge in [-0.15, -0.1) is 0 Å². The summed E-state index contributed by atoms with van der Waals surface area (Å²) in [5.41, 5.74) is 0. The fourth-order valence-corrected chi connectivity index (χ4v) is 1.39. The Morgan fingerprint density at radius 2 is 1.42 bits per heavy atom. The molecule has 0 saturated carbocycles. The maximum Gasteiger partial charge on any atom is 0.0540 e. The molecule has 0 bridgehead atoms. The van der Waals surface area contributed by atoms with Gasteiger partial charge in [0.1, 0.15) is 0 Å². The summed E-state index contributed by atoms with van der Waals surface area (Å²) in [4.78, 5) is 0. The van der Waals surface area contributed by atoms with Gasteiger partial charge in [-0.25, -0.2) is 0 Å². The Hall–Kier alpha value is -0.0400. The van der Waals surface area contributed by atoms with Crippen LogP contribution < -0.4 is 0 Å². The zero-order valence-corrected chi connectivity index (χ0v) is 8.68. The molecule has 0 unspecified atom stereocenters. The van der Waals surface area contributed by atoms with Gasteiger partial charge in [0.15, 0.2) is 0 Å². The van der Waals surface area contributed by atoms with E-state index >= 15 is 0 Å². The van der Waals surface area contributed by atoms with Gasteiger partial charge in [0.25, 0.3) is 0 Å². The molecule has 0 aromatic heterocycles. The van der Waals surface area contributed by atoms with E-state index in [9.17, 15) is 5.11 Å². The monoisotopic (exact) mass is 172 g/mol. The molecule has 12 heavy (non-hydrogen) atoms. The fraction of sp³-hybridized carbons (Fsp3) is 1.00. The number of hydrogen-bond donors (Lipinski definition) is 1. The second kappa shape index (κ2) is 9.05. The van der Waals surface area contributed by atoms with Crippen molar-refractivity contribution in [1.29, 1.82) is 0 Å². The fourth-order valence-electron chi connectivity index (χ4n) is 1.39. The van der Waals surface area contributed by atoms with Gasteiger partial charge in [-0.3, -0.25) is 0 Å². The number of rotatable bonds is 8. The van der Waals surface area contributed by atoms with E-state index in [-0.39, 0.29) is 6.10 Å². The first-order chi connectivity index (χ1) is 5.81. The molecule has 0 aromatic rings. The highest BCUT2D eigenvalue weighted by molar-refractivity contribution is 4.55. The van der Waals surface area contributed by atoms with Gasteiger partial charge in [-0.2, -0.15) is 0 Å². The van der Waals surface area contributed by atoms with Crippen molar-refractivity contribution in [3.63, 3.8) is 0 Å². The van der Waals surface area contributed by atoms with Crippen molar-refractivity contribution in [1.82, 2.24) is 0 Å². The van der Waals surface area contributed by atoms with Gasteiger partial charge >= 0.3 is 0 Å². The summed E-state index contributed by atoms with van der Waals surface area (Å²) in [6.07, 6.45) is 9.47. The SMILES string of the molecule is CCCCCC[C@H](O)CCCC. The van der Waals surface area contributed by atoms with Crippen LogP contribution in [0.15, 0.2) is 0 Å². The standard InChI is InChI=1S/C11H24O/c1-3-5-7-8-10-11(12)9-6-4-2/h11-12H,3-10H2,1-2H3/t11-/m1/s1. The van der Waals surface area contributed by atoms with Crippen LogP contribution in [0, 0.1) is 0 Å². The topological polar surface area (TPSA) is 20.2 Å². The lowest BCUT2D eigenvalue weighted by molar-refractivity contribution is 0.148. The van der Waals surface area contributed by atoms with Crippen LogP contribution in [-0.4, -0.2) is 11.2 Å². The highest BCUT2D eigenvalue weighted by atomic mass is 16.3. The highest BCUT2D eigenvalue weighted by Gasteiger charge is 2.01. The Morgan fingerprint density at radius 1 is 0.833 bits per heavy atom. The van der Waals surface area contributed by atoms with E-state index in [1.54, 1.807) is 0 Å². The van der Waals surface area contributed by atoms with Crippen molar-refractivity contribution in [2.75, 3.05) is 0 Å². The van der Waals surface area contributed by atoms with Crippen LogP contribution in [0.3, 0.4) is 0 Å². The van der Waals surface area contributed by atoms with Gasteiger partial charge in [0, 0.05) is 0 Å². The quantitative estimate of drug-likeness (QED) is 0.555. The molecule has 1 heteroatoms. The maximum atomic E-state index is 9.48. The van der Waals surface area contributed by atoms with Gasteiger partial charge in [-0.1, -0.05) is 52.4 Å². The summed E-state index contributed by atoms with van der Waals surface area (Å²) in [6, 6.07) is 0. The van der Waals surface area contributed by atoms with Crippen LogP contribution in [0.2, 0.25) is 0 Å². The first kappa shape index (κ1) is 12.0. The summed E-state index contributed by atoms with van der Waals surface area (Å²) in [7, 11) is 0. The van der Waals surface area contributed by atoms with Crippen molar-refractivity contribution in [3.05, 3.63) is 0 Å². The van der Waals surface area contributed by atoms with Gasteiger partial charge in [0.2, 0.25) is 0 Å². The van der Waals surface area contributed by atoms with Crippen molar-refractivity contribution in [3.8, 4) is 0 Å². The Bertz CT molecular complexity index is 81.1. The second-order valence-electron chi connectivity index (χ2n) is 3.65. The molecule has 0 spiro atoms. The molecule has 0 amide bonds. The van der Waals surface area contributed by atoms with Crippen LogP contribution >= 0.6 is 0 Å². The third kappa shape index (κ3) is 8.06. The Morgan fingerprint density at radius 3 is 2.00 bits per heavy atom. The van der Waals surface area contributed by atoms with E-state index in [4.69, 9.17) is 0 Å². The van der Waals surface area contributed by atoms with E-state index in [1.165, 1.54) is 38.5 Å². The molecule has 1 atom stereocenters. The Balaban J connectivity index is 3.02. The van der Waals surface area contributed by atoms with Crippen LogP contribution in [0.5, 0.6) is 0 Å². The predicted octanol–water partition coefficient (Wildman–Crippen LogP) is 3.51. The van der Waals surface area contributed by atoms with E-state index < -0.39 is 0 Å². The number of hydrogen-bond acceptors (Lipinski definition) is 1. The maximum absolute atomic E-state index is 9.48. The lowest BCUT2D eigenvalue weighted by Crippen LogP contribution is -2.05. The van der Waals surface area contributed by atoms with Crippen molar-refractivity contribution in [2.24, 2.45) is 0 Å². The summed E-state index contributed by atoms with van der Waals surface area (Å²) < 4.78 is 0. The molecular weight excluding hydrogens is 148 g/mol. The van der Waals surface area contributed by atoms with E-state index in [0.717, 1.165) is 12.8 Å². The summed E-state index contributed by atoms with van der Waals surface area (Å²) in [5.74, 6) is 0. The molecule has 0 rings (SSSR count). The Kier molecular flexibility index (Phi) is 9.02. The third-order valence-electron chi connectivity index (χ3n) is 2.28. The van der Waals surface area contributed by atoms with Crippen LogP contribution in [0.1, 0.15) is 65.2 Å². The van der Waals surface area contributed by atoms with Gasteiger partial charge in [0.05, 0.1) is 6.10 Å². The average molecular weight is 172 g/mol. The largest absolute Gasteiger partial charge is 0.393 e. The molecule has 0 aliphatic carbocycles. The smallest absolute Gasteiger partial charge is 0.0540 e. The predicted molar refractivity (Wildman–Crippen MR) is 54.3 cm³/mol. The molecular formula is C11H24O. The minimum Gasteiger partial charge on any atom is -0.393 e. The molecule has 0 aliphatic rings. The number of aliphatic hydroxyl groups is 1. The van der Waals surface area contributed by atoms with E-state index in [0.29, 0.717) is 0 Å². The number of unbranched alkanes of at least 4 members (excludes halogenated alkanes) is 4. The van der Waals surface area contributed by atoms with Crippen LogP contribution in [-0.2, 0) is 0 Å². The third-order valence-corrected chi connectivity index (χ3v) is 2.28. The lowest BCUT2D eigenvalue weighted by atomic mass is 10.1.